The number of nitrogens with zero attached hydrogens (tertiary/aromatic N) is 1. The standard InChI is InChI=1S/C12H27N/c1-6-9-13(7-2)10-8-12(5)11(3)4/h11-12H,6-10H2,1-5H3. The quantitative estimate of drug-likeness (QED) is 0.587. The van der Waals surface area contributed by atoms with Crippen molar-refractivity contribution in [1.82, 2.24) is 4.90 Å². The van der Waals surface area contributed by atoms with E-state index in [9.17, 15) is 0 Å². The second kappa shape index (κ2) is 7.37. The largest absolute Gasteiger partial charge is 0.304 e. The van der Waals surface area contributed by atoms with Crippen molar-refractivity contribution in [2.24, 2.45) is 11.8 Å². The summed E-state index contributed by atoms with van der Waals surface area (Å²) in [4.78, 5) is 2.55. The summed E-state index contributed by atoms with van der Waals surface area (Å²) in [7, 11) is 0. The fraction of sp³-hybridized carbons (Fsp3) is 1.00. The summed E-state index contributed by atoms with van der Waals surface area (Å²) in [6.07, 6.45) is 2.63. The normalized spacial score (nSPS) is 14.1. The van der Waals surface area contributed by atoms with Crippen molar-refractivity contribution in [2.75, 3.05) is 19.6 Å². The van der Waals surface area contributed by atoms with Gasteiger partial charge in [-0.25, -0.2) is 0 Å². The van der Waals surface area contributed by atoms with Gasteiger partial charge in [-0.1, -0.05) is 34.6 Å². The van der Waals surface area contributed by atoms with Crippen LogP contribution in [0.2, 0.25) is 0 Å². The highest BCUT2D eigenvalue weighted by molar-refractivity contribution is 4.61. The Hall–Kier alpha value is -0.0400. The van der Waals surface area contributed by atoms with Gasteiger partial charge in [0.2, 0.25) is 0 Å². The molecule has 1 nitrogen and oxygen atoms in total. The van der Waals surface area contributed by atoms with E-state index < -0.39 is 0 Å². The Bertz CT molecular complexity index is 110. The van der Waals surface area contributed by atoms with E-state index in [0.717, 1.165) is 11.8 Å². The highest BCUT2D eigenvalue weighted by Gasteiger charge is 2.08. The van der Waals surface area contributed by atoms with Crippen LogP contribution in [0.25, 0.3) is 0 Å². The molecular formula is C12H27N. The first kappa shape index (κ1) is 13.0. The van der Waals surface area contributed by atoms with Crippen molar-refractivity contribution in [3.05, 3.63) is 0 Å². The van der Waals surface area contributed by atoms with Gasteiger partial charge in [-0.2, -0.15) is 0 Å². The van der Waals surface area contributed by atoms with Gasteiger partial charge in [0.25, 0.3) is 0 Å². The monoisotopic (exact) mass is 185 g/mol. The molecule has 80 valence electrons. The van der Waals surface area contributed by atoms with Crippen molar-refractivity contribution < 1.29 is 0 Å². The summed E-state index contributed by atoms with van der Waals surface area (Å²) in [6.45, 7) is 15.3. The third kappa shape index (κ3) is 6.09. The molecule has 1 unspecified atom stereocenters. The maximum Gasteiger partial charge on any atom is -0.00162 e. The minimum atomic E-state index is 0.834. The molecule has 0 aromatic heterocycles. The summed E-state index contributed by atoms with van der Waals surface area (Å²) in [6, 6.07) is 0. The van der Waals surface area contributed by atoms with Crippen molar-refractivity contribution in [3.8, 4) is 0 Å². The van der Waals surface area contributed by atoms with E-state index in [2.05, 4.69) is 39.5 Å². The fourth-order valence-corrected chi connectivity index (χ4v) is 1.46. The zero-order valence-corrected chi connectivity index (χ0v) is 10.1. The lowest BCUT2D eigenvalue weighted by Gasteiger charge is -2.23. The van der Waals surface area contributed by atoms with Gasteiger partial charge >= 0.3 is 0 Å². The molecule has 0 aliphatic rings. The van der Waals surface area contributed by atoms with Gasteiger partial charge in [0.05, 0.1) is 0 Å². The van der Waals surface area contributed by atoms with E-state index in [1.165, 1.54) is 32.5 Å². The smallest absolute Gasteiger partial charge is 0.00162 e. The molecule has 0 N–H and O–H groups in total. The SMILES string of the molecule is CCCN(CC)CCC(C)C(C)C. The molecule has 1 heteroatoms. The third-order valence-electron chi connectivity index (χ3n) is 3.03. The predicted molar refractivity (Wildman–Crippen MR) is 61.0 cm³/mol. The van der Waals surface area contributed by atoms with Crippen LogP contribution < -0.4 is 0 Å². The van der Waals surface area contributed by atoms with E-state index in [-0.39, 0.29) is 0 Å². The van der Waals surface area contributed by atoms with Gasteiger partial charge < -0.3 is 4.90 Å². The van der Waals surface area contributed by atoms with Crippen LogP contribution in [0.5, 0.6) is 0 Å². The molecule has 0 aromatic carbocycles. The summed E-state index contributed by atoms with van der Waals surface area (Å²) < 4.78 is 0. The molecule has 0 saturated carbocycles. The average Bonchev–Trinajstić information content (AvgIpc) is 2.11. The zero-order valence-electron chi connectivity index (χ0n) is 10.1. The highest BCUT2D eigenvalue weighted by Crippen LogP contribution is 2.14. The van der Waals surface area contributed by atoms with Crippen LogP contribution in [0.15, 0.2) is 0 Å². The van der Waals surface area contributed by atoms with E-state index in [4.69, 9.17) is 0 Å². The van der Waals surface area contributed by atoms with Gasteiger partial charge in [0, 0.05) is 0 Å². The van der Waals surface area contributed by atoms with Crippen LogP contribution in [0, 0.1) is 11.8 Å². The molecule has 1 atom stereocenters. The van der Waals surface area contributed by atoms with E-state index in [1.54, 1.807) is 0 Å². The van der Waals surface area contributed by atoms with Crippen LogP contribution in [0.1, 0.15) is 47.5 Å². The Kier molecular flexibility index (Phi) is 7.35. The van der Waals surface area contributed by atoms with Crippen LogP contribution in [-0.4, -0.2) is 24.5 Å². The molecule has 13 heavy (non-hydrogen) atoms. The van der Waals surface area contributed by atoms with Gasteiger partial charge in [-0.15, -0.1) is 0 Å². The topological polar surface area (TPSA) is 3.24 Å². The van der Waals surface area contributed by atoms with Crippen LogP contribution in [-0.2, 0) is 0 Å². The molecule has 0 aromatic rings. The number of hydrogen-bond acceptors (Lipinski definition) is 1. The predicted octanol–water partition coefficient (Wildman–Crippen LogP) is 3.40. The second-order valence-corrected chi connectivity index (χ2v) is 4.44. The first-order valence-electron chi connectivity index (χ1n) is 5.84. The lowest BCUT2D eigenvalue weighted by atomic mass is 9.94. The molecule has 0 amide bonds. The first-order chi connectivity index (χ1) is 6.11. The van der Waals surface area contributed by atoms with Crippen molar-refractivity contribution in [2.45, 2.75) is 47.5 Å². The molecule has 0 spiro atoms. The Morgan fingerprint density at radius 1 is 1.00 bits per heavy atom. The Balaban J connectivity index is 3.58. The molecule has 0 bridgehead atoms. The number of hydrogen-bond donors (Lipinski definition) is 0. The molecule has 0 rings (SSSR count). The Morgan fingerprint density at radius 3 is 2.00 bits per heavy atom. The molecule has 0 aliphatic carbocycles. The summed E-state index contributed by atoms with van der Waals surface area (Å²) in [5, 5.41) is 0. The zero-order chi connectivity index (χ0) is 10.3. The van der Waals surface area contributed by atoms with Gasteiger partial charge in [0.15, 0.2) is 0 Å². The number of rotatable bonds is 7. The Morgan fingerprint density at radius 2 is 1.62 bits per heavy atom. The summed E-state index contributed by atoms with van der Waals surface area (Å²) >= 11 is 0. The summed E-state index contributed by atoms with van der Waals surface area (Å²) in [5.74, 6) is 1.70. The van der Waals surface area contributed by atoms with Gasteiger partial charge in [-0.3, -0.25) is 0 Å². The molecule has 0 heterocycles. The Labute approximate surface area is 84.5 Å². The van der Waals surface area contributed by atoms with Gasteiger partial charge in [-0.05, 0) is 44.3 Å². The van der Waals surface area contributed by atoms with E-state index in [0.29, 0.717) is 0 Å². The minimum absolute atomic E-state index is 0.834. The van der Waals surface area contributed by atoms with E-state index >= 15 is 0 Å². The average molecular weight is 185 g/mol. The van der Waals surface area contributed by atoms with Crippen molar-refractivity contribution in [3.63, 3.8) is 0 Å². The lowest BCUT2D eigenvalue weighted by Crippen LogP contribution is -2.27. The fourth-order valence-electron chi connectivity index (χ4n) is 1.46. The van der Waals surface area contributed by atoms with Crippen molar-refractivity contribution in [1.29, 1.82) is 0 Å². The maximum absolute atomic E-state index is 2.55. The molecule has 0 radical (unpaired) electrons. The maximum atomic E-state index is 2.55. The molecule has 0 saturated heterocycles. The lowest BCUT2D eigenvalue weighted by molar-refractivity contribution is 0.250. The third-order valence-corrected chi connectivity index (χ3v) is 3.03. The van der Waals surface area contributed by atoms with Crippen molar-refractivity contribution >= 4 is 0 Å². The van der Waals surface area contributed by atoms with Crippen LogP contribution in [0.3, 0.4) is 0 Å². The van der Waals surface area contributed by atoms with E-state index in [1.807, 2.05) is 0 Å². The summed E-state index contributed by atoms with van der Waals surface area (Å²) in [5.41, 5.74) is 0. The first-order valence-corrected chi connectivity index (χ1v) is 5.84. The second-order valence-electron chi connectivity index (χ2n) is 4.44. The van der Waals surface area contributed by atoms with Gasteiger partial charge in [0.1, 0.15) is 0 Å². The van der Waals surface area contributed by atoms with Crippen LogP contribution in [0.4, 0.5) is 0 Å². The molecular weight excluding hydrogens is 158 g/mol. The molecule has 0 aliphatic heterocycles. The molecule has 0 fully saturated rings. The van der Waals surface area contributed by atoms with Crippen LogP contribution >= 0.6 is 0 Å². The highest BCUT2D eigenvalue weighted by atomic mass is 15.1. The minimum Gasteiger partial charge on any atom is -0.304 e.